The maximum atomic E-state index is 13.7. The molecule has 0 aliphatic heterocycles. The van der Waals surface area contributed by atoms with Crippen LogP contribution >= 0.6 is 0 Å². The highest BCUT2D eigenvalue weighted by molar-refractivity contribution is 6.90. The van der Waals surface area contributed by atoms with Gasteiger partial charge in [0.25, 0.3) is 8.32 Å². The zero-order chi connectivity index (χ0) is 33.7. The molecule has 0 spiro atoms. The molecule has 3 unspecified atom stereocenters. The van der Waals surface area contributed by atoms with Crippen LogP contribution in [0.25, 0.3) is 0 Å². The van der Waals surface area contributed by atoms with Gasteiger partial charge in [0.1, 0.15) is 0 Å². The Labute approximate surface area is 241 Å². The molecule has 3 atom stereocenters. The SMILES string of the molecule is CO[Si](OC)(OC)O[Si](C)(CCC(F)(F)F)O[Si](C)(CCC(F)(F)F)O[Si](C)(CCC(F)(F)F)O[Si](C)(C)C(F)(F)F. The summed E-state index contributed by atoms with van der Waals surface area (Å²) >= 11 is 0. The Balaban J connectivity index is 6.93. The minimum absolute atomic E-state index is 0.631. The second-order valence-corrected chi connectivity index (χ2v) is 27.7. The van der Waals surface area contributed by atoms with E-state index in [1.54, 1.807) is 0 Å². The van der Waals surface area contributed by atoms with Gasteiger partial charge in [-0.2, -0.15) is 52.7 Å². The Hall–Kier alpha value is -0.0356. The van der Waals surface area contributed by atoms with Gasteiger partial charge in [0.05, 0.1) is 0 Å². The lowest BCUT2D eigenvalue weighted by Crippen LogP contribution is -2.64. The molecule has 0 aliphatic carbocycles. The molecular formula is C18H36F12O7Si5. The maximum Gasteiger partial charge on any atom is 0.669 e. The third kappa shape index (κ3) is 15.3. The molecule has 0 rings (SSSR count). The van der Waals surface area contributed by atoms with Crippen LogP contribution in [-0.2, 0) is 29.7 Å². The van der Waals surface area contributed by atoms with Crippen molar-refractivity contribution in [1.82, 2.24) is 0 Å². The quantitative estimate of drug-likeness (QED) is 0.112. The van der Waals surface area contributed by atoms with Crippen molar-refractivity contribution in [2.75, 3.05) is 21.3 Å². The van der Waals surface area contributed by atoms with E-state index in [1.165, 1.54) is 0 Å². The summed E-state index contributed by atoms with van der Waals surface area (Å²) in [5.74, 6) is -5.01. The highest BCUT2D eigenvalue weighted by Gasteiger charge is 2.60. The molecule has 0 aromatic carbocycles. The van der Waals surface area contributed by atoms with Crippen molar-refractivity contribution < 1.29 is 82.4 Å². The zero-order valence-electron chi connectivity index (χ0n) is 24.1. The van der Waals surface area contributed by atoms with Gasteiger partial charge in [0, 0.05) is 40.6 Å². The molecule has 0 aliphatic rings. The van der Waals surface area contributed by atoms with E-state index < -0.39 is 105 Å². The molecule has 7 nitrogen and oxygen atoms in total. The third-order valence-electron chi connectivity index (χ3n) is 5.70. The molecule has 42 heavy (non-hydrogen) atoms. The van der Waals surface area contributed by atoms with E-state index in [0.717, 1.165) is 41.0 Å². The van der Waals surface area contributed by atoms with Gasteiger partial charge in [-0.25, -0.2) is 0 Å². The van der Waals surface area contributed by atoms with Crippen molar-refractivity contribution >= 4 is 43.0 Å². The van der Waals surface area contributed by atoms with Crippen LogP contribution in [0.4, 0.5) is 52.7 Å². The van der Waals surface area contributed by atoms with E-state index in [-0.39, 0.29) is 0 Å². The van der Waals surface area contributed by atoms with Crippen LogP contribution in [0.1, 0.15) is 19.3 Å². The first kappa shape index (κ1) is 42.0. The number of halogens is 12. The fraction of sp³-hybridized carbons (Fsp3) is 1.00. The molecule has 0 radical (unpaired) electrons. The highest BCUT2D eigenvalue weighted by atomic mass is 28.5. The van der Waals surface area contributed by atoms with Gasteiger partial charge in [-0.15, -0.1) is 0 Å². The summed E-state index contributed by atoms with van der Waals surface area (Å²) < 4.78 is 198. The summed E-state index contributed by atoms with van der Waals surface area (Å²) in [6.07, 6.45) is -19.6. The van der Waals surface area contributed by atoms with Crippen LogP contribution < -0.4 is 0 Å². The van der Waals surface area contributed by atoms with E-state index in [4.69, 9.17) is 29.7 Å². The van der Waals surface area contributed by atoms with Crippen LogP contribution in [0, 0.1) is 0 Å². The second kappa shape index (κ2) is 14.6. The average Bonchev–Trinajstić information content (AvgIpc) is 2.76. The number of alkyl halides is 12. The molecular weight excluding hydrogens is 697 g/mol. The second-order valence-electron chi connectivity index (χ2n) is 10.3. The lowest BCUT2D eigenvalue weighted by molar-refractivity contribution is -0.132. The minimum Gasteiger partial charge on any atom is -0.429 e. The van der Waals surface area contributed by atoms with Crippen molar-refractivity contribution in [3.63, 3.8) is 0 Å². The van der Waals surface area contributed by atoms with Gasteiger partial charge in [-0.1, -0.05) is 0 Å². The first-order chi connectivity index (χ1) is 18.4. The Morgan fingerprint density at radius 1 is 0.429 bits per heavy atom. The molecule has 254 valence electrons. The Bertz CT molecular complexity index is 798. The molecule has 0 saturated carbocycles. The first-order valence-electron chi connectivity index (χ1n) is 12.1. The fourth-order valence-corrected chi connectivity index (χ4v) is 25.6. The molecule has 24 heteroatoms. The summed E-state index contributed by atoms with van der Waals surface area (Å²) in [5.41, 5.74) is 0. The number of hydrogen-bond donors (Lipinski definition) is 0. The molecule has 0 N–H and O–H groups in total. The van der Waals surface area contributed by atoms with Gasteiger partial charge in [-0.05, 0) is 50.9 Å². The predicted octanol–water partition coefficient (Wildman–Crippen LogP) is 7.81. The zero-order valence-corrected chi connectivity index (χ0v) is 29.1. The molecule has 0 heterocycles. The van der Waals surface area contributed by atoms with E-state index in [1.807, 2.05) is 0 Å². The van der Waals surface area contributed by atoms with Crippen LogP contribution in [0.15, 0.2) is 0 Å². The van der Waals surface area contributed by atoms with Crippen molar-refractivity contribution in [2.24, 2.45) is 0 Å². The van der Waals surface area contributed by atoms with E-state index >= 15 is 0 Å². The van der Waals surface area contributed by atoms with Crippen molar-refractivity contribution in [3.8, 4) is 0 Å². The van der Waals surface area contributed by atoms with Gasteiger partial charge < -0.3 is 29.7 Å². The Morgan fingerprint density at radius 2 is 0.690 bits per heavy atom. The number of hydrogen-bond acceptors (Lipinski definition) is 7. The van der Waals surface area contributed by atoms with Crippen LogP contribution in [0.2, 0.25) is 50.9 Å². The molecule has 0 aromatic heterocycles. The Morgan fingerprint density at radius 3 is 0.929 bits per heavy atom. The van der Waals surface area contributed by atoms with Crippen LogP contribution in [0.3, 0.4) is 0 Å². The van der Waals surface area contributed by atoms with E-state index in [2.05, 4.69) is 0 Å². The first-order valence-corrected chi connectivity index (χ1v) is 24.2. The van der Waals surface area contributed by atoms with Crippen LogP contribution in [-0.4, -0.2) is 88.7 Å². The summed E-state index contributed by atoms with van der Waals surface area (Å²) in [7, 11) is -20.0. The van der Waals surface area contributed by atoms with Gasteiger partial charge in [0.2, 0.25) is 0 Å². The normalized spacial score (nSPS) is 18.9. The largest absolute Gasteiger partial charge is 0.669 e. The molecule has 0 aromatic rings. The van der Waals surface area contributed by atoms with Gasteiger partial charge in [-0.3, -0.25) is 0 Å². The van der Waals surface area contributed by atoms with Crippen LogP contribution in [0.5, 0.6) is 0 Å². The molecule has 0 amide bonds. The maximum absolute atomic E-state index is 13.7. The van der Waals surface area contributed by atoms with Crippen molar-refractivity contribution in [3.05, 3.63) is 0 Å². The minimum atomic E-state index is -5.01. The highest BCUT2D eigenvalue weighted by Crippen LogP contribution is 2.40. The summed E-state index contributed by atoms with van der Waals surface area (Å²) in [6.45, 7) is 4.00. The summed E-state index contributed by atoms with van der Waals surface area (Å²) in [4.78, 5) is 0. The molecule has 0 saturated heterocycles. The lowest BCUT2D eigenvalue weighted by atomic mass is 10.5. The number of rotatable bonds is 17. The van der Waals surface area contributed by atoms with Crippen molar-refractivity contribution in [2.45, 2.75) is 94.5 Å². The van der Waals surface area contributed by atoms with E-state index in [0.29, 0.717) is 13.1 Å². The standard InChI is InChI=1S/C18H36F12O7Si5/c1-31-42(32-2,33-3)37-41(8,14-11-17(25,26)27)36-40(7,13-10-16(22,23)24)35-39(6,12-9-15(19,20)21)34-38(4,5)18(28,29)30/h9-14H2,1-8H3. The van der Waals surface area contributed by atoms with E-state index in [9.17, 15) is 52.7 Å². The molecule has 0 bridgehead atoms. The van der Waals surface area contributed by atoms with Gasteiger partial charge in [0.15, 0.2) is 0 Å². The smallest absolute Gasteiger partial charge is 0.429 e. The lowest BCUT2D eigenvalue weighted by Gasteiger charge is -2.45. The fourth-order valence-electron chi connectivity index (χ4n) is 3.63. The average molecular weight is 733 g/mol. The van der Waals surface area contributed by atoms with Gasteiger partial charge >= 0.3 is 59.1 Å². The Kier molecular flexibility index (Phi) is 14.6. The predicted molar refractivity (Wildman–Crippen MR) is 136 cm³/mol. The molecule has 0 fully saturated rings. The summed E-state index contributed by atoms with van der Waals surface area (Å²) in [5, 5.41) is 0. The monoisotopic (exact) mass is 732 g/mol. The topological polar surface area (TPSA) is 64.6 Å². The summed E-state index contributed by atoms with van der Waals surface area (Å²) in [6, 6.07) is -3.25. The third-order valence-corrected chi connectivity index (χ3v) is 25.4. The van der Waals surface area contributed by atoms with Crippen molar-refractivity contribution in [1.29, 1.82) is 0 Å².